The van der Waals surface area contributed by atoms with E-state index in [1.54, 1.807) is 13.1 Å². The second-order valence-corrected chi connectivity index (χ2v) is 8.49. The lowest BCUT2D eigenvalue weighted by atomic mass is 10.1. The first-order valence-corrected chi connectivity index (χ1v) is 11.1. The van der Waals surface area contributed by atoms with Crippen molar-refractivity contribution in [2.75, 3.05) is 26.3 Å². The zero-order valence-corrected chi connectivity index (χ0v) is 18.9. The summed E-state index contributed by atoms with van der Waals surface area (Å²) in [6.45, 7) is 5.66. The van der Waals surface area contributed by atoms with Crippen LogP contribution in [0.25, 0.3) is 16.6 Å². The number of morpholine rings is 1. The number of carbonyl (C=O) groups is 1. The Labute approximate surface area is 188 Å². The van der Waals surface area contributed by atoms with E-state index in [9.17, 15) is 9.59 Å². The van der Waals surface area contributed by atoms with E-state index in [0.29, 0.717) is 5.39 Å². The molecule has 156 valence electrons. The lowest BCUT2D eigenvalue weighted by Gasteiger charge is -2.26. The summed E-state index contributed by atoms with van der Waals surface area (Å²) >= 11 is 2.26. The van der Waals surface area contributed by atoms with Gasteiger partial charge >= 0.3 is 5.97 Å². The van der Waals surface area contributed by atoms with Crippen molar-refractivity contribution in [3.63, 3.8) is 0 Å². The van der Waals surface area contributed by atoms with E-state index in [2.05, 4.69) is 33.6 Å². The highest BCUT2D eigenvalue weighted by Gasteiger charge is 2.16. The van der Waals surface area contributed by atoms with Gasteiger partial charge in [-0.05, 0) is 58.5 Å². The first-order valence-electron chi connectivity index (χ1n) is 10.00. The standard InChI is InChI=1S/C23H23IN2O4/c1-2-22(27)30-21-15-26(18-5-3-4-17(24)13-18)20-7-6-16(12-19(20)23(21)28)14-25-8-10-29-11-9-25/h3-7,12-13,15H,2,8-11,14H2,1H3. The summed E-state index contributed by atoms with van der Waals surface area (Å²) in [4.78, 5) is 27.4. The van der Waals surface area contributed by atoms with Crippen molar-refractivity contribution in [3.05, 3.63) is 68.0 Å². The molecule has 2 heterocycles. The topological polar surface area (TPSA) is 60.8 Å². The molecule has 6 nitrogen and oxygen atoms in total. The minimum atomic E-state index is -0.426. The molecule has 1 aliphatic rings. The summed E-state index contributed by atoms with van der Waals surface area (Å²) in [6.07, 6.45) is 1.82. The predicted octanol–water partition coefficient (Wildman–Crippen LogP) is 3.74. The van der Waals surface area contributed by atoms with Gasteiger partial charge in [0, 0.05) is 35.3 Å². The number of hydrogen-bond donors (Lipinski definition) is 0. The second-order valence-electron chi connectivity index (χ2n) is 7.24. The predicted molar refractivity (Wildman–Crippen MR) is 124 cm³/mol. The molecule has 0 amide bonds. The Morgan fingerprint density at radius 3 is 2.70 bits per heavy atom. The van der Waals surface area contributed by atoms with E-state index in [0.717, 1.165) is 53.2 Å². The number of fused-ring (bicyclic) bond motifs is 1. The first kappa shape index (κ1) is 21.0. The van der Waals surface area contributed by atoms with Crippen LogP contribution in [0, 0.1) is 3.57 Å². The molecule has 0 radical (unpaired) electrons. The fraction of sp³-hybridized carbons (Fsp3) is 0.304. The number of carbonyl (C=O) groups excluding carboxylic acids is 1. The first-order chi connectivity index (χ1) is 14.5. The Kier molecular flexibility index (Phi) is 6.50. The summed E-state index contributed by atoms with van der Waals surface area (Å²) in [5, 5.41) is 0.543. The Bertz CT molecular complexity index is 1140. The van der Waals surface area contributed by atoms with Gasteiger partial charge in [0.05, 0.1) is 30.3 Å². The van der Waals surface area contributed by atoms with Crippen LogP contribution >= 0.6 is 22.6 Å². The lowest BCUT2D eigenvalue weighted by Crippen LogP contribution is -2.35. The number of nitrogens with zero attached hydrogens (tertiary/aromatic N) is 2. The summed E-state index contributed by atoms with van der Waals surface area (Å²) < 4.78 is 13.8. The number of benzene rings is 2. The third kappa shape index (κ3) is 4.58. The van der Waals surface area contributed by atoms with E-state index < -0.39 is 5.97 Å². The van der Waals surface area contributed by atoms with Crippen molar-refractivity contribution < 1.29 is 14.3 Å². The Hall–Kier alpha value is -2.23. The van der Waals surface area contributed by atoms with Gasteiger partial charge in [0.25, 0.3) is 0 Å². The van der Waals surface area contributed by atoms with Gasteiger partial charge in [-0.15, -0.1) is 0 Å². The number of hydrogen-bond acceptors (Lipinski definition) is 5. The van der Waals surface area contributed by atoms with Crippen LogP contribution in [0.2, 0.25) is 0 Å². The van der Waals surface area contributed by atoms with Crippen LogP contribution in [0.4, 0.5) is 0 Å². The molecule has 0 bridgehead atoms. The van der Waals surface area contributed by atoms with Crippen LogP contribution in [0.1, 0.15) is 18.9 Å². The van der Waals surface area contributed by atoms with Crippen molar-refractivity contribution in [2.24, 2.45) is 0 Å². The number of halogens is 1. The summed E-state index contributed by atoms with van der Waals surface area (Å²) in [5.74, 6) is -0.373. The van der Waals surface area contributed by atoms with E-state index in [-0.39, 0.29) is 17.6 Å². The average molecular weight is 518 g/mol. The molecule has 0 unspecified atom stereocenters. The van der Waals surface area contributed by atoms with Crippen molar-refractivity contribution in [2.45, 2.75) is 19.9 Å². The number of esters is 1. The van der Waals surface area contributed by atoms with Crippen molar-refractivity contribution in [1.82, 2.24) is 9.47 Å². The van der Waals surface area contributed by atoms with Gasteiger partial charge in [0.2, 0.25) is 5.43 Å². The monoisotopic (exact) mass is 518 g/mol. The van der Waals surface area contributed by atoms with E-state index in [1.807, 2.05) is 41.0 Å². The maximum atomic E-state index is 13.1. The van der Waals surface area contributed by atoms with Gasteiger partial charge in [-0.3, -0.25) is 14.5 Å². The Morgan fingerprint density at radius 2 is 1.97 bits per heavy atom. The van der Waals surface area contributed by atoms with Crippen molar-refractivity contribution in [3.8, 4) is 11.4 Å². The molecule has 4 rings (SSSR count). The largest absolute Gasteiger partial charge is 0.421 e. The Balaban J connectivity index is 1.83. The lowest BCUT2D eigenvalue weighted by molar-refractivity contribution is -0.134. The summed E-state index contributed by atoms with van der Waals surface area (Å²) in [7, 11) is 0. The SMILES string of the molecule is CCC(=O)Oc1cn(-c2cccc(I)c2)c2ccc(CN3CCOCC3)cc2c1=O. The van der Waals surface area contributed by atoms with Gasteiger partial charge in [-0.2, -0.15) is 0 Å². The van der Waals surface area contributed by atoms with Gasteiger partial charge < -0.3 is 14.0 Å². The number of rotatable bonds is 5. The molecular formula is C23H23IN2O4. The van der Waals surface area contributed by atoms with Crippen LogP contribution in [-0.2, 0) is 16.1 Å². The molecule has 1 saturated heterocycles. The fourth-order valence-corrected chi connectivity index (χ4v) is 4.10. The molecule has 1 aliphatic heterocycles. The zero-order chi connectivity index (χ0) is 21.1. The molecule has 2 aromatic carbocycles. The van der Waals surface area contributed by atoms with Gasteiger partial charge in [0.15, 0.2) is 5.75 Å². The highest BCUT2D eigenvalue weighted by atomic mass is 127. The minimum Gasteiger partial charge on any atom is -0.421 e. The number of aromatic nitrogens is 1. The zero-order valence-electron chi connectivity index (χ0n) is 16.8. The second kappa shape index (κ2) is 9.28. The van der Waals surface area contributed by atoms with Crippen LogP contribution in [0.3, 0.4) is 0 Å². The maximum absolute atomic E-state index is 13.1. The smallest absolute Gasteiger partial charge is 0.311 e. The summed E-state index contributed by atoms with van der Waals surface area (Å²) in [6, 6.07) is 13.9. The minimum absolute atomic E-state index is 0.0525. The Morgan fingerprint density at radius 1 is 1.17 bits per heavy atom. The van der Waals surface area contributed by atoms with E-state index in [4.69, 9.17) is 9.47 Å². The van der Waals surface area contributed by atoms with Crippen molar-refractivity contribution >= 4 is 39.5 Å². The fourth-order valence-electron chi connectivity index (χ4n) is 3.58. The van der Waals surface area contributed by atoms with E-state index >= 15 is 0 Å². The molecule has 0 spiro atoms. The molecule has 1 aromatic heterocycles. The third-order valence-electron chi connectivity index (χ3n) is 5.14. The van der Waals surface area contributed by atoms with Gasteiger partial charge in [-0.25, -0.2) is 0 Å². The molecular weight excluding hydrogens is 495 g/mol. The van der Waals surface area contributed by atoms with E-state index in [1.165, 1.54) is 0 Å². The summed E-state index contributed by atoms with van der Waals surface area (Å²) in [5.41, 5.74) is 2.47. The number of ether oxygens (including phenoxy) is 2. The van der Waals surface area contributed by atoms with Crippen molar-refractivity contribution in [1.29, 1.82) is 0 Å². The molecule has 1 fully saturated rings. The molecule has 30 heavy (non-hydrogen) atoms. The molecule has 7 heteroatoms. The number of pyridine rings is 1. The van der Waals surface area contributed by atoms with Crippen LogP contribution < -0.4 is 10.2 Å². The van der Waals surface area contributed by atoms with Crippen LogP contribution in [0.5, 0.6) is 5.75 Å². The molecule has 0 N–H and O–H groups in total. The molecule has 0 atom stereocenters. The normalized spacial score (nSPS) is 14.7. The average Bonchev–Trinajstić information content (AvgIpc) is 2.76. The molecule has 0 saturated carbocycles. The highest BCUT2D eigenvalue weighted by molar-refractivity contribution is 14.1. The van der Waals surface area contributed by atoms with Crippen LogP contribution in [-0.4, -0.2) is 41.7 Å². The molecule has 3 aromatic rings. The van der Waals surface area contributed by atoms with Crippen LogP contribution in [0.15, 0.2) is 53.5 Å². The van der Waals surface area contributed by atoms with Gasteiger partial charge in [0.1, 0.15) is 0 Å². The molecule has 0 aliphatic carbocycles. The highest BCUT2D eigenvalue weighted by Crippen LogP contribution is 2.23. The maximum Gasteiger partial charge on any atom is 0.311 e. The quantitative estimate of drug-likeness (QED) is 0.381. The van der Waals surface area contributed by atoms with Gasteiger partial charge in [-0.1, -0.05) is 19.1 Å². The third-order valence-corrected chi connectivity index (χ3v) is 5.81.